The molecule has 2 heterocycles. The van der Waals surface area contributed by atoms with Gasteiger partial charge in [0.05, 0.1) is 4.92 Å². The summed E-state index contributed by atoms with van der Waals surface area (Å²) in [5, 5.41) is 14.9. The van der Waals surface area contributed by atoms with Gasteiger partial charge >= 0.3 is 5.69 Å². The van der Waals surface area contributed by atoms with Crippen LogP contribution in [0.25, 0.3) is 0 Å². The van der Waals surface area contributed by atoms with Crippen molar-refractivity contribution in [2.75, 3.05) is 26.2 Å². The van der Waals surface area contributed by atoms with Gasteiger partial charge in [0, 0.05) is 32.7 Å². The number of carbonyl (C=O) groups excluding carboxylic acids is 1. The van der Waals surface area contributed by atoms with Gasteiger partial charge in [-0.1, -0.05) is 29.8 Å². The van der Waals surface area contributed by atoms with Crippen molar-refractivity contribution in [3.8, 4) is 0 Å². The Labute approximate surface area is 152 Å². The highest BCUT2D eigenvalue weighted by molar-refractivity contribution is 5.76. The van der Waals surface area contributed by atoms with E-state index in [0.29, 0.717) is 18.8 Å². The minimum absolute atomic E-state index is 0.0344. The van der Waals surface area contributed by atoms with Crippen molar-refractivity contribution in [3.63, 3.8) is 0 Å². The second-order valence-electron chi connectivity index (χ2n) is 6.70. The van der Waals surface area contributed by atoms with Crippen molar-refractivity contribution in [3.05, 3.63) is 57.4 Å². The van der Waals surface area contributed by atoms with E-state index in [0.717, 1.165) is 19.6 Å². The zero-order valence-corrected chi connectivity index (χ0v) is 15.1. The molecule has 1 aliphatic heterocycles. The topological polar surface area (TPSA) is 84.5 Å². The molecule has 8 nitrogen and oxygen atoms in total. The number of aromatic nitrogens is 2. The summed E-state index contributed by atoms with van der Waals surface area (Å²) < 4.78 is 1.36. The third-order valence-electron chi connectivity index (χ3n) is 4.67. The number of nitro groups is 1. The van der Waals surface area contributed by atoms with E-state index in [4.69, 9.17) is 0 Å². The zero-order valence-electron chi connectivity index (χ0n) is 15.1. The van der Waals surface area contributed by atoms with Gasteiger partial charge in [-0.15, -0.1) is 0 Å². The van der Waals surface area contributed by atoms with Gasteiger partial charge < -0.3 is 4.90 Å². The maximum absolute atomic E-state index is 12.4. The van der Waals surface area contributed by atoms with E-state index in [2.05, 4.69) is 41.2 Å². The molecule has 3 rings (SSSR count). The number of benzene rings is 1. The summed E-state index contributed by atoms with van der Waals surface area (Å²) in [5.74, 6) is -0.0580. The SMILES string of the molecule is Cc1ccc(CN2CCN(C(=O)Cn3cc([N+](=O)[O-])c(C)n3)CC2)cc1. The lowest BCUT2D eigenvalue weighted by Crippen LogP contribution is -2.49. The number of rotatable bonds is 5. The number of hydrogen-bond donors (Lipinski definition) is 0. The van der Waals surface area contributed by atoms with Crippen LogP contribution in [0.4, 0.5) is 5.69 Å². The second-order valence-corrected chi connectivity index (χ2v) is 6.70. The third kappa shape index (κ3) is 4.26. The molecule has 0 unspecified atom stereocenters. The van der Waals surface area contributed by atoms with Gasteiger partial charge in [-0.3, -0.25) is 24.5 Å². The van der Waals surface area contributed by atoms with Crippen molar-refractivity contribution < 1.29 is 9.72 Å². The highest BCUT2D eigenvalue weighted by Crippen LogP contribution is 2.15. The van der Waals surface area contributed by atoms with Crippen LogP contribution in [0.3, 0.4) is 0 Å². The molecule has 138 valence electrons. The van der Waals surface area contributed by atoms with Gasteiger partial charge in [-0.2, -0.15) is 5.10 Å². The van der Waals surface area contributed by atoms with Crippen LogP contribution in [0, 0.1) is 24.0 Å². The van der Waals surface area contributed by atoms with Crippen molar-refractivity contribution >= 4 is 11.6 Å². The Morgan fingerprint density at radius 3 is 2.38 bits per heavy atom. The molecule has 0 atom stereocenters. The first-order chi connectivity index (χ1) is 12.4. The van der Waals surface area contributed by atoms with Gasteiger partial charge in [0.2, 0.25) is 5.91 Å². The summed E-state index contributed by atoms with van der Waals surface area (Å²) in [5.41, 5.74) is 2.79. The summed E-state index contributed by atoms with van der Waals surface area (Å²) in [7, 11) is 0. The van der Waals surface area contributed by atoms with E-state index in [9.17, 15) is 14.9 Å². The number of amides is 1. The predicted octanol–water partition coefficient (Wildman–Crippen LogP) is 1.75. The first kappa shape index (κ1) is 18.1. The van der Waals surface area contributed by atoms with Crippen LogP contribution in [0.2, 0.25) is 0 Å². The molecule has 26 heavy (non-hydrogen) atoms. The number of nitrogens with zero attached hydrogens (tertiary/aromatic N) is 5. The molecule has 0 radical (unpaired) electrons. The molecule has 0 spiro atoms. The van der Waals surface area contributed by atoms with Gasteiger partial charge in [-0.05, 0) is 19.4 Å². The molecular weight excluding hydrogens is 334 g/mol. The standard InChI is InChI=1S/C18H23N5O3/c1-14-3-5-16(6-4-14)11-20-7-9-21(10-8-20)18(24)13-22-12-17(23(25)26)15(2)19-22/h3-6,12H,7-11,13H2,1-2H3. The lowest BCUT2D eigenvalue weighted by molar-refractivity contribution is -0.385. The van der Waals surface area contributed by atoms with Crippen molar-refractivity contribution in [2.45, 2.75) is 26.9 Å². The number of aryl methyl sites for hydroxylation is 2. The average molecular weight is 357 g/mol. The Hall–Kier alpha value is -2.74. The minimum Gasteiger partial charge on any atom is -0.339 e. The van der Waals surface area contributed by atoms with Crippen LogP contribution in [0.5, 0.6) is 0 Å². The molecule has 0 N–H and O–H groups in total. The van der Waals surface area contributed by atoms with Crippen molar-refractivity contribution in [2.24, 2.45) is 0 Å². The summed E-state index contributed by atoms with van der Waals surface area (Å²) in [6, 6.07) is 8.50. The lowest BCUT2D eigenvalue weighted by Gasteiger charge is -2.34. The van der Waals surface area contributed by atoms with Gasteiger partial charge in [0.25, 0.3) is 0 Å². The normalized spacial score (nSPS) is 15.2. The number of carbonyl (C=O) groups is 1. The van der Waals surface area contributed by atoms with Gasteiger partial charge in [0.15, 0.2) is 0 Å². The summed E-state index contributed by atoms with van der Waals surface area (Å²) in [6.07, 6.45) is 1.32. The second kappa shape index (κ2) is 7.65. The Bertz CT molecular complexity index is 792. The quantitative estimate of drug-likeness (QED) is 0.601. The van der Waals surface area contributed by atoms with E-state index in [-0.39, 0.29) is 18.1 Å². The summed E-state index contributed by atoms with van der Waals surface area (Å²) in [6.45, 7) is 7.52. The third-order valence-corrected chi connectivity index (χ3v) is 4.67. The van der Waals surface area contributed by atoms with Gasteiger partial charge in [-0.25, -0.2) is 0 Å². The van der Waals surface area contributed by atoms with E-state index in [1.165, 1.54) is 22.0 Å². The molecular formula is C18H23N5O3. The van der Waals surface area contributed by atoms with Crippen molar-refractivity contribution in [1.29, 1.82) is 0 Å². The van der Waals surface area contributed by atoms with Crippen LogP contribution in [-0.4, -0.2) is 56.6 Å². The maximum Gasteiger partial charge on any atom is 0.309 e. The minimum atomic E-state index is -0.479. The highest BCUT2D eigenvalue weighted by atomic mass is 16.6. The van der Waals surface area contributed by atoms with Crippen molar-refractivity contribution in [1.82, 2.24) is 19.6 Å². The molecule has 1 amide bonds. The molecule has 0 aliphatic carbocycles. The van der Waals surface area contributed by atoms with E-state index < -0.39 is 4.92 Å². The summed E-state index contributed by atoms with van der Waals surface area (Å²) in [4.78, 5) is 27.0. The average Bonchev–Trinajstić information content (AvgIpc) is 2.98. The molecule has 0 bridgehead atoms. The number of hydrogen-bond acceptors (Lipinski definition) is 5. The molecule has 0 saturated carbocycles. The van der Waals surface area contributed by atoms with E-state index >= 15 is 0 Å². The Balaban J connectivity index is 1.51. The first-order valence-corrected chi connectivity index (χ1v) is 8.66. The fourth-order valence-corrected chi connectivity index (χ4v) is 3.11. The Morgan fingerprint density at radius 1 is 1.15 bits per heavy atom. The largest absolute Gasteiger partial charge is 0.339 e. The van der Waals surface area contributed by atoms with Crippen LogP contribution < -0.4 is 0 Å². The lowest BCUT2D eigenvalue weighted by atomic mass is 10.1. The molecule has 1 saturated heterocycles. The molecule has 1 aromatic carbocycles. The smallest absolute Gasteiger partial charge is 0.309 e. The van der Waals surface area contributed by atoms with Gasteiger partial charge in [0.1, 0.15) is 18.4 Å². The highest BCUT2D eigenvalue weighted by Gasteiger charge is 2.23. The molecule has 1 aliphatic rings. The van der Waals surface area contributed by atoms with Crippen LogP contribution in [-0.2, 0) is 17.9 Å². The number of piperazine rings is 1. The van der Waals surface area contributed by atoms with Crippen LogP contribution in [0.15, 0.2) is 30.5 Å². The Kier molecular flexibility index (Phi) is 5.32. The van der Waals surface area contributed by atoms with E-state index in [1.807, 2.05) is 0 Å². The van der Waals surface area contributed by atoms with Crippen LogP contribution >= 0.6 is 0 Å². The monoisotopic (exact) mass is 357 g/mol. The van der Waals surface area contributed by atoms with Crippen LogP contribution in [0.1, 0.15) is 16.8 Å². The first-order valence-electron chi connectivity index (χ1n) is 8.66. The fourth-order valence-electron chi connectivity index (χ4n) is 3.11. The molecule has 1 aromatic heterocycles. The molecule has 8 heteroatoms. The van der Waals surface area contributed by atoms with E-state index in [1.54, 1.807) is 11.8 Å². The molecule has 1 fully saturated rings. The summed E-state index contributed by atoms with van der Waals surface area (Å²) >= 11 is 0. The zero-order chi connectivity index (χ0) is 18.7. The molecule has 2 aromatic rings. The maximum atomic E-state index is 12.4. The Morgan fingerprint density at radius 2 is 1.81 bits per heavy atom. The fraction of sp³-hybridized carbons (Fsp3) is 0.444. The predicted molar refractivity (Wildman–Crippen MR) is 96.7 cm³/mol.